The van der Waals surface area contributed by atoms with E-state index in [0.717, 1.165) is 16.7 Å². The summed E-state index contributed by atoms with van der Waals surface area (Å²) in [4.78, 5) is 0. The number of phenolic OH excluding ortho intramolecular Hbond substituents is 1. The van der Waals surface area contributed by atoms with Crippen molar-refractivity contribution in [3.63, 3.8) is 0 Å². The van der Waals surface area contributed by atoms with Crippen LogP contribution in [0.4, 0.5) is 0 Å². The van der Waals surface area contributed by atoms with Crippen molar-refractivity contribution in [2.45, 2.75) is 13.5 Å². The molecule has 96 valence electrons. The molecule has 3 aromatic rings. The molecule has 0 fully saturated rings. The first kappa shape index (κ1) is 11.7. The molecule has 0 amide bonds. The van der Waals surface area contributed by atoms with Crippen LogP contribution in [-0.2, 0) is 6.61 Å². The summed E-state index contributed by atoms with van der Waals surface area (Å²) >= 11 is 0. The normalized spacial score (nSPS) is 10.8. The van der Waals surface area contributed by atoms with Crippen molar-refractivity contribution < 1.29 is 14.3 Å². The number of para-hydroxylation sites is 2. The summed E-state index contributed by atoms with van der Waals surface area (Å²) in [7, 11) is 0. The van der Waals surface area contributed by atoms with Crippen molar-refractivity contribution >= 4 is 11.0 Å². The maximum Gasteiger partial charge on any atom is 0.161 e. The van der Waals surface area contributed by atoms with Gasteiger partial charge in [-0.1, -0.05) is 24.3 Å². The van der Waals surface area contributed by atoms with Crippen molar-refractivity contribution in [3.05, 3.63) is 59.9 Å². The third kappa shape index (κ3) is 2.27. The molecule has 0 aliphatic heterocycles. The molecular weight excluding hydrogens is 240 g/mol. The highest BCUT2D eigenvalue weighted by atomic mass is 16.5. The average Bonchev–Trinajstić information content (AvgIpc) is 2.82. The molecular formula is C16H14O3. The summed E-state index contributed by atoms with van der Waals surface area (Å²) in [5, 5.41) is 10.7. The van der Waals surface area contributed by atoms with Crippen LogP contribution in [-0.4, -0.2) is 5.11 Å². The van der Waals surface area contributed by atoms with E-state index < -0.39 is 0 Å². The molecule has 0 saturated carbocycles. The lowest BCUT2D eigenvalue weighted by atomic mass is 10.1. The van der Waals surface area contributed by atoms with Crippen LogP contribution in [0, 0.1) is 6.92 Å². The van der Waals surface area contributed by atoms with Crippen LogP contribution < -0.4 is 4.74 Å². The number of hydrogen-bond donors (Lipinski definition) is 1. The fourth-order valence-electron chi connectivity index (χ4n) is 2.06. The minimum absolute atomic E-state index is 0.134. The number of aryl methyl sites for hydroxylation is 1. The Morgan fingerprint density at radius 2 is 1.95 bits per heavy atom. The maximum atomic E-state index is 9.62. The van der Waals surface area contributed by atoms with Gasteiger partial charge in [-0.2, -0.15) is 0 Å². The number of rotatable bonds is 3. The molecule has 0 aliphatic carbocycles. The SMILES string of the molecule is Cc1cccc2oc(COc3ccccc3O)cc12. The number of phenols is 1. The highest BCUT2D eigenvalue weighted by Crippen LogP contribution is 2.27. The lowest BCUT2D eigenvalue weighted by Gasteiger charge is -2.05. The minimum Gasteiger partial charge on any atom is -0.504 e. The fourth-order valence-corrected chi connectivity index (χ4v) is 2.06. The second-order valence-corrected chi connectivity index (χ2v) is 4.46. The molecule has 2 aromatic carbocycles. The lowest BCUT2D eigenvalue weighted by molar-refractivity contribution is 0.262. The van der Waals surface area contributed by atoms with E-state index in [2.05, 4.69) is 0 Å². The van der Waals surface area contributed by atoms with E-state index in [1.54, 1.807) is 18.2 Å². The first-order chi connectivity index (χ1) is 9.24. The average molecular weight is 254 g/mol. The number of benzene rings is 2. The van der Waals surface area contributed by atoms with E-state index in [1.807, 2.05) is 37.3 Å². The first-order valence-electron chi connectivity index (χ1n) is 6.13. The van der Waals surface area contributed by atoms with E-state index in [4.69, 9.17) is 9.15 Å². The van der Waals surface area contributed by atoms with Gasteiger partial charge in [0.2, 0.25) is 0 Å². The van der Waals surface area contributed by atoms with E-state index in [1.165, 1.54) is 5.56 Å². The quantitative estimate of drug-likeness (QED) is 0.767. The molecule has 1 heterocycles. The molecule has 19 heavy (non-hydrogen) atoms. The van der Waals surface area contributed by atoms with Crippen LogP contribution >= 0.6 is 0 Å². The zero-order valence-corrected chi connectivity index (χ0v) is 10.6. The van der Waals surface area contributed by atoms with Gasteiger partial charge < -0.3 is 14.3 Å². The Hall–Kier alpha value is -2.42. The first-order valence-corrected chi connectivity index (χ1v) is 6.13. The van der Waals surface area contributed by atoms with E-state index in [-0.39, 0.29) is 5.75 Å². The van der Waals surface area contributed by atoms with Crippen molar-refractivity contribution in [2.24, 2.45) is 0 Å². The van der Waals surface area contributed by atoms with Crippen LogP contribution in [0.2, 0.25) is 0 Å². The second kappa shape index (κ2) is 4.69. The number of hydrogen-bond acceptors (Lipinski definition) is 3. The van der Waals surface area contributed by atoms with Crippen molar-refractivity contribution in [1.82, 2.24) is 0 Å². The van der Waals surface area contributed by atoms with E-state index in [0.29, 0.717) is 12.4 Å². The molecule has 3 heteroatoms. The molecule has 1 N–H and O–H groups in total. The number of ether oxygens (including phenoxy) is 1. The maximum absolute atomic E-state index is 9.62. The fraction of sp³-hybridized carbons (Fsp3) is 0.125. The third-order valence-electron chi connectivity index (χ3n) is 3.07. The summed E-state index contributed by atoms with van der Waals surface area (Å²) in [6.07, 6.45) is 0. The van der Waals surface area contributed by atoms with Gasteiger partial charge in [-0.05, 0) is 36.8 Å². The molecule has 0 spiro atoms. The molecule has 3 rings (SSSR count). The Morgan fingerprint density at radius 3 is 2.74 bits per heavy atom. The van der Waals surface area contributed by atoms with Gasteiger partial charge in [0.15, 0.2) is 11.5 Å². The molecule has 0 bridgehead atoms. The van der Waals surface area contributed by atoms with Gasteiger partial charge in [0, 0.05) is 5.39 Å². The minimum atomic E-state index is 0.134. The summed E-state index contributed by atoms with van der Waals surface area (Å²) in [6, 6.07) is 14.8. The Labute approximate surface area is 111 Å². The number of fused-ring (bicyclic) bond motifs is 1. The van der Waals surface area contributed by atoms with Gasteiger partial charge in [0.05, 0.1) is 0 Å². The predicted molar refractivity (Wildman–Crippen MR) is 73.4 cm³/mol. The molecule has 0 aliphatic rings. The Morgan fingerprint density at radius 1 is 1.11 bits per heavy atom. The van der Waals surface area contributed by atoms with Crippen LogP contribution in [0.3, 0.4) is 0 Å². The predicted octanol–water partition coefficient (Wildman–Crippen LogP) is 4.03. The third-order valence-corrected chi connectivity index (χ3v) is 3.07. The monoisotopic (exact) mass is 254 g/mol. The molecule has 0 radical (unpaired) electrons. The highest BCUT2D eigenvalue weighted by Gasteiger charge is 2.07. The molecule has 0 saturated heterocycles. The van der Waals surface area contributed by atoms with Gasteiger partial charge in [-0.3, -0.25) is 0 Å². The standard InChI is InChI=1S/C16H14O3/c1-11-5-4-8-15-13(11)9-12(19-15)10-18-16-7-3-2-6-14(16)17/h2-9,17H,10H2,1H3. The molecule has 1 aromatic heterocycles. The van der Waals surface area contributed by atoms with Gasteiger partial charge in [-0.15, -0.1) is 0 Å². The van der Waals surface area contributed by atoms with Crippen LogP contribution in [0.25, 0.3) is 11.0 Å². The van der Waals surface area contributed by atoms with Crippen LogP contribution in [0.1, 0.15) is 11.3 Å². The van der Waals surface area contributed by atoms with Crippen LogP contribution in [0.15, 0.2) is 52.9 Å². The van der Waals surface area contributed by atoms with Gasteiger partial charge in [-0.25, -0.2) is 0 Å². The summed E-state index contributed by atoms with van der Waals surface area (Å²) in [5.41, 5.74) is 2.03. The second-order valence-electron chi connectivity index (χ2n) is 4.46. The molecule has 0 atom stereocenters. The smallest absolute Gasteiger partial charge is 0.161 e. The number of aromatic hydroxyl groups is 1. The Kier molecular flexibility index (Phi) is 2.88. The topological polar surface area (TPSA) is 42.6 Å². The highest BCUT2D eigenvalue weighted by molar-refractivity contribution is 5.81. The Bertz CT molecular complexity index is 713. The van der Waals surface area contributed by atoms with Gasteiger partial charge in [0.25, 0.3) is 0 Å². The van der Waals surface area contributed by atoms with E-state index in [9.17, 15) is 5.11 Å². The Balaban J connectivity index is 1.83. The largest absolute Gasteiger partial charge is 0.504 e. The summed E-state index contributed by atoms with van der Waals surface area (Å²) in [6.45, 7) is 2.34. The summed E-state index contributed by atoms with van der Waals surface area (Å²) in [5.74, 6) is 1.34. The van der Waals surface area contributed by atoms with Gasteiger partial charge in [0.1, 0.15) is 18.0 Å². The number of furan rings is 1. The van der Waals surface area contributed by atoms with Gasteiger partial charge >= 0.3 is 0 Å². The zero-order valence-electron chi connectivity index (χ0n) is 10.6. The molecule has 0 unspecified atom stereocenters. The zero-order chi connectivity index (χ0) is 13.2. The van der Waals surface area contributed by atoms with Crippen molar-refractivity contribution in [1.29, 1.82) is 0 Å². The van der Waals surface area contributed by atoms with Crippen molar-refractivity contribution in [2.75, 3.05) is 0 Å². The molecule has 3 nitrogen and oxygen atoms in total. The van der Waals surface area contributed by atoms with Crippen molar-refractivity contribution in [3.8, 4) is 11.5 Å². The lowest BCUT2D eigenvalue weighted by Crippen LogP contribution is -1.93. The van der Waals surface area contributed by atoms with E-state index >= 15 is 0 Å². The van der Waals surface area contributed by atoms with Crippen LogP contribution in [0.5, 0.6) is 11.5 Å². The summed E-state index contributed by atoms with van der Waals surface area (Å²) < 4.78 is 11.3.